The number of hydrogen-bond acceptors (Lipinski definition) is 3. The summed E-state index contributed by atoms with van der Waals surface area (Å²) in [6, 6.07) is 1.77. The van der Waals surface area contributed by atoms with Crippen molar-refractivity contribution in [2.45, 2.75) is 25.8 Å². The van der Waals surface area contributed by atoms with Crippen molar-refractivity contribution < 1.29 is 14.7 Å². The van der Waals surface area contributed by atoms with Crippen molar-refractivity contribution >= 4 is 23.2 Å². The molecule has 1 aromatic rings. The van der Waals surface area contributed by atoms with E-state index in [-0.39, 0.29) is 11.9 Å². The molecule has 2 N–H and O–H groups in total. The van der Waals surface area contributed by atoms with Crippen LogP contribution in [0.25, 0.3) is 0 Å². The Kier molecular flexibility index (Phi) is 3.81. The van der Waals surface area contributed by atoms with Gasteiger partial charge in [-0.1, -0.05) is 19.1 Å². The lowest BCUT2D eigenvalue weighted by Gasteiger charge is -2.12. The Labute approximate surface area is 109 Å². The Morgan fingerprint density at radius 3 is 2.89 bits per heavy atom. The Balaban J connectivity index is 1.98. The molecule has 1 aliphatic carbocycles. The zero-order valence-electron chi connectivity index (χ0n) is 10.1. The summed E-state index contributed by atoms with van der Waals surface area (Å²) in [5.41, 5.74) is 1.04. The third-order valence-corrected chi connectivity index (χ3v) is 4.01. The molecule has 0 saturated carbocycles. The lowest BCUT2D eigenvalue weighted by molar-refractivity contribution is -0.140. The fourth-order valence-electron chi connectivity index (χ4n) is 2.04. The van der Waals surface area contributed by atoms with E-state index in [1.54, 1.807) is 12.2 Å². The summed E-state index contributed by atoms with van der Waals surface area (Å²) in [4.78, 5) is 23.6. The summed E-state index contributed by atoms with van der Waals surface area (Å²) in [7, 11) is 0. The van der Waals surface area contributed by atoms with Gasteiger partial charge in [0.15, 0.2) is 0 Å². The molecule has 0 radical (unpaired) electrons. The predicted octanol–water partition coefficient (Wildman–Crippen LogP) is 2.07. The molecule has 2 rings (SSSR count). The standard InChI is InChI=1S/C13H15NO3S/c1-2-8-5-6-18-11(8)12(15)14-10-4-3-9(7-10)13(16)17/h3-6,9-10H,2,7H2,1H3,(H,14,15)(H,16,17). The van der Waals surface area contributed by atoms with Crippen molar-refractivity contribution in [3.63, 3.8) is 0 Å². The summed E-state index contributed by atoms with van der Waals surface area (Å²) < 4.78 is 0. The molecule has 2 atom stereocenters. The van der Waals surface area contributed by atoms with Gasteiger partial charge in [-0.25, -0.2) is 0 Å². The van der Waals surface area contributed by atoms with Crippen LogP contribution in [0.5, 0.6) is 0 Å². The van der Waals surface area contributed by atoms with Crippen LogP contribution in [0.4, 0.5) is 0 Å². The quantitative estimate of drug-likeness (QED) is 0.819. The summed E-state index contributed by atoms with van der Waals surface area (Å²) in [6.45, 7) is 2.01. The maximum absolute atomic E-state index is 12.0. The predicted molar refractivity (Wildman–Crippen MR) is 69.8 cm³/mol. The smallest absolute Gasteiger partial charge is 0.310 e. The molecule has 0 saturated heterocycles. The molecule has 1 heterocycles. The highest BCUT2D eigenvalue weighted by Gasteiger charge is 2.26. The lowest BCUT2D eigenvalue weighted by Crippen LogP contribution is -2.33. The first kappa shape index (κ1) is 12.8. The minimum absolute atomic E-state index is 0.109. The molecule has 0 bridgehead atoms. The first-order valence-corrected chi connectivity index (χ1v) is 6.78. The van der Waals surface area contributed by atoms with Crippen LogP contribution < -0.4 is 5.32 Å². The molecule has 1 aliphatic rings. The van der Waals surface area contributed by atoms with Gasteiger partial charge >= 0.3 is 5.97 Å². The van der Waals surface area contributed by atoms with Crippen molar-refractivity contribution in [1.82, 2.24) is 5.32 Å². The molecule has 1 aromatic heterocycles. The first-order chi connectivity index (χ1) is 8.61. The second-order valence-corrected chi connectivity index (χ2v) is 5.19. The fourth-order valence-corrected chi connectivity index (χ4v) is 2.93. The van der Waals surface area contributed by atoms with Crippen LogP contribution in [-0.2, 0) is 11.2 Å². The van der Waals surface area contributed by atoms with Gasteiger partial charge in [0.1, 0.15) is 0 Å². The molecule has 0 spiro atoms. The van der Waals surface area contributed by atoms with E-state index in [1.807, 2.05) is 18.4 Å². The first-order valence-electron chi connectivity index (χ1n) is 5.90. The second-order valence-electron chi connectivity index (χ2n) is 4.27. The minimum atomic E-state index is -0.839. The summed E-state index contributed by atoms with van der Waals surface area (Å²) in [5.74, 6) is -1.43. The number of rotatable bonds is 4. The van der Waals surface area contributed by atoms with Crippen LogP contribution in [0.15, 0.2) is 23.6 Å². The Bertz CT molecular complexity index is 492. The Morgan fingerprint density at radius 2 is 2.28 bits per heavy atom. The van der Waals surface area contributed by atoms with Crippen molar-refractivity contribution in [2.24, 2.45) is 5.92 Å². The van der Waals surface area contributed by atoms with E-state index >= 15 is 0 Å². The van der Waals surface area contributed by atoms with E-state index in [4.69, 9.17) is 5.11 Å². The van der Waals surface area contributed by atoms with E-state index < -0.39 is 11.9 Å². The molecule has 1 amide bonds. The van der Waals surface area contributed by atoms with Crippen molar-refractivity contribution in [1.29, 1.82) is 0 Å². The van der Waals surface area contributed by atoms with Gasteiger partial charge in [0, 0.05) is 6.04 Å². The van der Waals surface area contributed by atoms with Gasteiger partial charge in [-0.3, -0.25) is 9.59 Å². The number of amides is 1. The number of hydrogen-bond donors (Lipinski definition) is 2. The van der Waals surface area contributed by atoms with Crippen LogP contribution in [0.1, 0.15) is 28.6 Å². The second kappa shape index (κ2) is 5.35. The maximum atomic E-state index is 12.0. The Hall–Kier alpha value is -1.62. The zero-order valence-corrected chi connectivity index (χ0v) is 10.9. The zero-order chi connectivity index (χ0) is 13.1. The van der Waals surface area contributed by atoms with Crippen molar-refractivity contribution in [2.75, 3.05) is 0 Å². The van der Waals surface area contributed by atoms with Gasteiger partial charge in [0.05, 0.1) is 10.8 Å². The van der Waals surface area contributed by atoms with Gasteiger partial charge < -0.3 is 10.4 Å². The number of carbonyl (C=O) groups excluding carboxylic acids is 1. The van der Waals surface area contributed by atoms with Crippen molar-refractivity contribution in [3.8, 4) is 0 Å². The molecular weight excluding hydrogens is 250 g/mol. The van der Waals surface area contributed by atoms with Gasteiger partial charge in [-0.2, -0.15) is 0 Å². The number of thiophene rings is 1. The molecule has 0 fully saturated rings. The van der Waals surface area contributed by atoms with Crippen LogP contribution in [0.3, 0.4) is 0 Å². The number of aryl methyl sites for hydroxylation is 1. The number of carbonyl (C=O) groups is 2. The molecule has 5 heteroatoms. The van der Waals surface area contributed by atoms with E-state index in [1.165, 1.54) is 11.3 Å². The van der Waals surface area contributed by atoms with Crippen molar-refractivity contribution in [3.05, 3.63) is 34.0 Å². The summed E-state index contributed by atoms with van der Waals surface area (Å²) in [5, 5.41) is 13.6. The average Bonchev–Trinajstić information content (AvgIpc) is 2.96. The third-order valence-electron chi connectivity index (χ3n) is 3.05. The number of carboxylic acids is 1. The van der Waals surface area contributed by atoms with Crippen LogP contribution >= 0.6 is 11.3 Å². The van der Waals surface area contributed by atoms with E-state index in [2.05, 4.69) is 5.32 Å². The highest BCUT2D eigenvalue weighted by molar-refractivity contribution is 7.12. The molecule has 0 aliphatic heterocycles. The Morgan fingerprint density at radius 1 is 1.50 bits per heavy atom. The SMILES string of the molecule is CCc1ccsc1C(=O)NC1C=CC(C(=O)O)C1. The number of carboxylic acid groups (broad SMARTS) is 1. The van der Waals surface area contributed by atoms with E-state index in [0.717, 1.165) is 16.9 Å². The van der Waals surface area contributed by atoms with Gasteiger partial charge in [-0.05, 0) is 29.9 Å². The fraction of sp³-hybridized carbons (Fsp3) is 0.385. The van der Waals surface area contributed by atoms with E-state index in [9.17, 15) is 9.59 Å². The molecule has 0 aromatic carbocycles. The van der Waals surface area contributed by atoms with Crippen LogP contribution in [-0.4, -0.2) is 23.0 Å². The molecular formula is C13H15NO3S. The lowest BCUT2D eigenvalue weighted by atomic mass is 10.1. The number of aliphatic carboxylic acids is 1. The highest BCUT2D eigenvalue weighted by Crippen LogP contribution is 2.21. The minimum Gasteiger partial charge on any atom is -0.481 e. The largest absolute Gasteiger partial charge is 0.481 e. The third kappa shape index (κ3) is 2.61. The van der Waals surface area contributed by atoms with Gasteiger partial charge in [0.25, 0.3) is 5.91 Å². The summed E-state index contributed by atoms with van der Waals surface area (Å²) >= 11 is 1.42. The van der Waals surface area contributed by atoms with Crippen LogP contribution in [0.2, 0.25) is 0 Å². The average molecular weight is 265 g/mol. The van der Waals surface area contributed by atoms with Crippen LogP contribution in [0, 0.1) is 5.92 Å². The van der Waals surface area contributed by atoms with Gasteiger partial charge in [0.2, 0.25) is 0 Å². The molecule has 4 nitrogen and oxygen atoms in total. The van der Waals surface area contributed by atoms with E-state index in [0.29, 0.717) is 6.42 Å². The highest BCUT2D eigenvalue weighted by atomic mass is 32.1. The number of nitrogens with one attached hydrogen (secondary N) is 1. The normalized spacial score (nSPS) is 22.1. The maximum Gasteiger partial charge on any atom is 0.310 e. The topological polar surface area (TPSA) is 66.4 Å². The monoisotopic (exact) mass is 265 g/mol. The molecule has 18 heavy (non-hydrogen) atoms. The van der Waals surface area contributed by atoms with Gasteiger partial charge in [-0.15, -0.1) is 11.3 Å². The summed E-state index contributed by atoms with van der Waals surface area (Å²) in [6.07, 6.45) is 4.66. The molecule has 2 unspecified atom stereocenters. The molecule has 96 valence electrons.